The molecule has 6 heteroatoms. The first-order valence-electron chi connectivity index (χ1n) is 6.26. The van der Waals surface area contributed by atoms with Crippen LogP contribution < -0.4 is 16.6 Å². The average molecular weight is 352 g/mol. The Labute approximate surface area is 130 Å². The van der Waals surface area contributed by atoms with Gasteiger partial charge < -0.3 is 10.7 Å². The number of halogens is 2. The van der Waals surface area contributed by atoms with Crippen molar-refractivity contribution in [3.05, 3.63) is 57.3 Å². The Morgan fingerprint density at radius 2 is 1.81 bits per heavy atom. The fourth-order valence-electron chi connectivity index (χ4n) is 1.94. The van der Waals surface area contributed by atoms with Crippen molar-refractivity contribution in [1.29, 1.82) is 0 Å². The number of anilines is 2. The van der Waals surface area contributed by atoms with Crippen molar-refractivity contribution in [2.75, 3.05) is 10.7 Å². The van der Waals surface area contributed by atoms with Gasteiger partial charge in [-0.15, -0.1) is 0 Å². The van der Waals surface area contributed by atoms with E-state index in [1.807, 2.05) is 6.92 Å². The van der Waals surface area contributed by atoms with Gasteiger partial charge in [-0.25, -0.2) is 4.39 Å². The third-order valence-corrected chi connectivity index (χ3v) is 3.77. The molecule has 0 fully saturated rings. The molecule has 4 nitrogen and oxygen atoms in total. The lowest BCUT2D eigenvalue weighted by atomic mass is 10.1. The van der Waals surface area contributed by atoms with Gasteiger partial charge in [0.2, 0.25) is 0 Å². The van der Waals surface area contributed by atoms with Gasteiger partial charge in [-0.2, -0.15) is 0 Å². The molecule has 2 aromatic rings. The molecule has 0 unspecified atom stereocenters. The lowest BCUT2D eigenvalue weighted by Gasteiger charge is -2.11. The third-order valence-electron chi connectivity index (χ3n) is 3.16. The number of carbonyl (C=O) groups is 1. The molecule has 1 amide bonds. The molecule has 0 radical (unpaired) electrons. The molecule has 0 saturated carbocycles. The zero-order valence-electron chi connectivity index (χ0n) is 11.6. The summed E-state index contributed by atoms with van der Waals surface area (Å²) in [6.45, 7) is 3.64. The first-order valence-corrected chi connectivity index (χ1v) is 7.06. The van der Waals surface area contributed by atoms with Gasteiger partial charge in [0.1, 0.15) is 5.82 Å². The van der Waals surface area contributed by atoms with E-state index >= 15 is 0 Å². The summed E-state index contributed by atoms with van der Waals surface area (Å²) in [6.07, 6.45) is 0. The molecule has 0 atom stereocenters. The van der Waals surface area contributed by atoms with Crippen LogP contribution >= 0.6 is 15.9 Å². The monoisotopic (exact) mass is 351 g/mol. The highest BCUT2D eigenvalue weighted by Gasteiger charge is 2.11. The zero-order valence-corrected chi connectivity index (χ0v) is 13.2. The van der Waals surface area contributed by atoms with Crippen molar-refractivity contribution in [2.24, 2.45) is 5.84 Å². The Hall–Kier alpha value is -1.92. The van der Waals surface area contributed by atoms with Crippen molar-refractivity contribution in [1.82, 2.24) is 0 Å². The number of amides is 1. The fraction of sp³-hybridized carbons (Fsp3) is 0.133. The Morgan fingerprint density at radius 3 is 2.43 bits per heavy atom. The molecule has 4 N–H and O–H groups in total. The minimum atomic E-state index is -0.422. The van der Waals surface area contributed by atoms with E-state index < -0.39 is 5.82 Å². The Morgan fingerprint density at radius 1 is 1.14 bits per heavy atom. The van der Waals surface area contributed by atoms with Gasteiger partial charge in [-0.1, -0.05) is 0 Å². The predicted octanol–water partition coefficient (Wildman–Crippen LogP) is 3.74. The maximum absolute atomic E-state index is 13.6. The molecule has 0 aliphatic rings. The van der Waals surface area contributed by atoms with Crippen molar-refractivity contribution in [3.8, 4) is 0 Å². The molecule has 0 aromatic heterocycles. The van der Waals surface area contributed by atoms with E-state index in [-0.39, 0.29) is 5.91 Å². The molecule has 0 heterocycles. The van der Waals surface area contributed by atoms with Crippen molar-refractivity contribution in [3.63, 3.8) is 0 Å². The van der Waals surface area contributed by atoms with Crippen LogP contribution in [0.1, 0.15) is 21.5 Å². The number of nitrogen functional groups attached to an aromatic ring is 1. The highest BCUT2D eigenvalue weighted by molar-refractivity contribution is 9.10. The molecule has 2 rings (SSSR count). The van der Waals surface area contributed by atoms with Gasteiger partial charge in [0.25, 0.3) is 5.91 Å². The summed E-state index contributed by atoms with van der Waals surface area (Å²) in [6, 6.07) is 8.01. The number of benzene rings is 2. The summed E-state index contributed by atoms with van der Waals surface area (Å²) in [5.41, 5.74) is 5.84. The van der Waals surface area contributed by atoms with E-state index in [2.05, 4.69) is 26.7 Å². The topological polar surface area (TPSA) is 67.2 Å². The van der Waals surface area contributed by atoms with E-state index in [4.69, 9.17) is 5.84 Å². The Kier molecular flexibility index (Phi) is 4.59. The maximum Gasteiger partial charge on any atom is 0.255 e. The number of aryl methyl sites for hydroxylation is 2. The first kappa shape index (κ1) is 15.5. The first-order chi connectivity index (χ1) is 9.92. The van der Waals surface area contributed by atoms with Gasteiger partial charge in [-0.3, -0.25) is 10.6 Å². The summed E-state index contributed by atoms with van der Waals surface area (Å²) in [5, 5.41) is 2.71. The second-order valence-electron chi connectivity index (χ2n) is 4.71. The molecule has 0 spiro atoms. The zero-order chi connectivity index (χ0) is 15.6. The largest absolute Gasteiger partial charge is 0.324 e. The van der Waals surface area contributed by atoms with Crippen molar-refractivity contribution in [2.45, 2.75) is 13.8 Å². The fourth-order valence-corrected chi connectivity index (χ4v) is 2.40. The van der Waals surface area contributed by atoms with Crippen LogP contribution in [0.15, 0.2) is 34.8 Å². The molecule has 110 valence electrons. The van der Waals surface area contributed by atoms with E-state index in [1.54, 1.807) is 31.2 Å². The van der Waals surface area contributed by atoms with E-state index in [1.165, 1.54) is 6.07 Å². The summed E-state index contributed by atoms with van der Waals surface area (Å²) in [5.74, 6) is 4.63. The molecule has 2 aromatic carbocycles. The lowest BCUT2D eigenvalue weighted by Crippen LogP contribution is -2.14. The minimum absolute atomic E-state index is 0.300. The van der Waals surface area contributed by atoms with E-state index in [0.29, 0.717) is 15.7 Å². The van der Waals surface area contributed by atoms with Crippen molar-refractivity contribution < 1.29 is 9.18 Å². The highest BCUT2D eigenvalue weighted by Crippen LogP contribution is 2.24. The third kappa shape index (κ3) is 3.40. The summed E-state index contributed by atoms with van der Waals surface area (Å²) < 4.78 is 13.9. The van der Waals surface area contributed by atoms with Crippen LogP contribution in [0.5, 0.6) is 0 Å². The summed E-state index contributed by atoms with van der Waals surface area (Å²) >= 11 is 3.11. The van der Waals surface area contributed by atoms with Crippen LogP contribution in [0.4, 0.5) is 15.8 Å². The van der Waals surface area contributed by atoms with E-state index in [0.717, 1.165) is 16.8 Å². The Bertz CT molecular complexity index is 704. The van der Waals surface area contributed by atoms with Crippen LogP contribution in [-0.4, -0.2) is 5.91 Å². The van der Waals surface area contributed by atoms with Gasteiger partial charge in [-0.05, 0) is 71.2 Å². The van der Waals surface area contributed by atoms with Crippen molar-refractivity contribution >= 4 is 33.2 Å². The number of hydrazine groups is 1. The number of hydrogen-bond donors (Lipinski definition) is 3. The Balaban J connectivity index is 2.26. The summed E-state index contributed by atoms with van der Waals surface area (Å²) in [7, 11) is 0. The molecule has 0 bridgehead atoms. The maximum atomic E-state index is 13.6. The number of nitrogens with one attached hydrogen (secondary N) is 2. The van der Waals surface area contributed by atoms with E-state index in [9.17, 15) is 9.18 Å². The van der Waals surface area contributed by atoms with Gasteiger partial charge in [0.15, 0.2) is 0 Å². The lowest BCUT2D eigenvalue weighted by molar-refractivity contribution is 0.102. The second kappa shape index (κ2) is 6.24. The molecular weight excluding hydrogens is 337 g/mol. The SMILES string of the molecule is Cc1cc(C(=O)Nc2cc(F)c(Br)cc2C)ccc1NN. The normalized spacial score (nSPS) is 10.3. The number of rotatable bonds is 3. The molecule has 0 aliphatic carbocycles. The predicted molar refractivity (Wildman–Crippen MR) is 85.8 cm³/mol. The van der Waals surface area contributed by atoms with Crippen LogP contribution in [0.2, 0.25) is 0 Å². The van der Waals surface area contributed by atoms with Gasteiger partial charge in [0, 0.05) is 11.3 Å². The summed E-state index contributed by atoms with van der Waals surface area (Å²) in [4.78, 5) is 12.2. The highest BCUT2D eigenvalue weighted by atomic mass is 79.9. The number of hydrogen-bond acceptors (Lipinski definition) is 3. The minimum Gasteiger partial charge on any atom is -0.324 e. The molecule has 21 heavy (non-hydrogen) atoms. The van der Waals surface area contributed by atoms with Gasteiger partial charge in [0.05, 0.1) is 10.2 Å². The molecular formula is C15H15BrFN3O. The van der Waals surface area contributed by atoms with Crippen LogP contribution in [0.25, 0.3) is 0 Å². The molecule has 0 aliphatic heterocycles. The quantitative estimate of drug-likeness (QED) is 0.582. The number of nitrogens with two attached hydrogens (primary N) is 1. The average Bonchev–Trinajstić information content (AvgIpc) is 2.44. The number of carbonyl (C=O) groups excluding carboxylic acids is 1. The molecule has 0 saturated heterocycles. The van der Waals surface area contributed by atoms with Crippen LogP contribution in [-0.2, 0) is 0 Å². The second-order valence-corrected chi connectivity index (χ2v) is 5.56. The smallest absolute Gasteiger partial charge is 0.255 e. The standard InChI is InChI=1S/C15H15BrFN3O/c1-8-5-10(3-4-13(8)20-18)15(21)19-14-7-12(17)11(16)6-9(14)2/h3-7,20H,18H2,1-2H3,(H,19,21). The van der Waals surface area contributed by atoms with Gasteiger partial charge >= 0.3 is 0 Å². The van der Waals surface area contributed by atoms with Crippen LogP contribution in [0, 0.1) is 19.7 Å². The van der Waals surface area contributed by atoms with Crippen LogP contribution in [0.3, 0.4) is 0 Å².